The molecule has 116 valence electrons. The Morgan fingerprint density at radius 2 is 1.83 bits per heavy atom. The van der Waals surface area contributed by atoms with Gasteiger partial charge in [-0.15, -0.1) is 0 Å². The number of nitrogens with one attached hydrogen (secondary N) is 2. The molecule has 5 heteroatoms. The molecule has 3 N–H and O–H groups in total. The van der Waals surface area contributed by atoms with Crippen molar-refractivity contribution in [2.45, 2.75) is 6.10 Å². The van der Waals surface area contributed by atoms with E-state index in [0.29, 0.717) is 13.1 Å². The fourth-order valence-electron chi connectivity index (χ4n) is 2.78. The number of aromatic amines is 1. The van der Waals surface area contributed by atoms with E-state index in [1.165, 1.54) is 12.1 Å². The molecule has 2 aromatic carbocycles. The summed E-state index contributed by atoms with van der Waals surface area (Å²) in [7, 11) is 0. The third-order valence-electron chi connectivity index (χ3n) is 4.02. The van der Waals surface area contributed by atoms with E-state index in [2.05, 4.69) is 15.3 Å². The lowest BCUT2D eigenvalue weighted by molar-refractivity contribution is 0.181. The predicted molar refractivity (Wildman–Crippen MR) is 89.1 cm³/mol. The molecule has 0 bridgehead atoms. The molecule has 1 unspecified atom stereocenters. The fraction of sp³-hybridized carbons (Fsp3) is 0.167. The number of benzene rings is 2. The van der Waals surface area contributed by atoms with Crippen LogP contribution in [0.4, 0.5) is 4.39 Å². The van der Waals surface area contributed by atoms with E-state index in [-0.39, 0.29) is 5.82 Å². The number of aliphatic hydroxyl groups excluding tert-OH is 1. The van der Waals surface area contributed by atoms with E-state index in [0.717, 1.165) is 33.6 Å². The number of rotatable bonds is 2. The molecule has 0 amide bonds. The van der Waals surface area contributed by atoms with Gasteiger partial charge in [-0.25, -0.2) is 4.39 Å². The number of hydrogen-bond acceptors (Lipinski definition) is 3. The molecule has 23 heavy (non-hydrogen) atoms. The van der Waals surface area contributed by atoms with Crippen LogP contribution in [0.3, 0.4) is 0 Å². The van der Waals surface area contributed by atoms with Crippen molar-refractivity contribution in [1.29, 1.82) is 0 Å². The lowest BCUT2D eigenvalue weighted by atomic mass is 10.1. The quantitative estimate of drug-likeness (QED) is 0.681. The van der Waals surface area contributed by atoms with E-state index in [1.807, 2.05) is 24.3 Å². The van der Waals surface area contributed by atoms with Crippen molar-refractivity contribution in [3.05, 3.63) is 59.9 Å². The number of aromatic nitrogens is 1. The van der Waals surface area contributed by atoms with Gasteiger partial charge in [0.05, 0.1) is 12.6 Å². The second-order valence-corrected chi connectivity index (χ2v) is 5.72. The van der Waals surface area contributed by atoms with Gasteiger partial charge in [-0.05, 0) is 42.0 Å². The first-order chi connectivity index (χ1) is 11.2. The molecule has 2 heterocycles. The van der Waals surface area contributed by atoms with E-state index in [1.54, 1.807) is 12.1 Å². The number of aliphatic imine (C=N–C) groups is 1. The molecular formula is C18H16FN3O. The van der Waals surface area contributed by atoms with Crippen molar-refractivity contribution in [2.75, 3.05) is 13.1 Å². The Hall–Kier alpha value is -2.66. The van der Waals surface area contributed by atoms with Gasteiger partial charge in [-0.3, -0.25) is 4.99 Å². The monoisotopic (exact) mass is 309 g/mol. The van der Waals surface area contributed by atoms with Crippen molar-refractivity contribution in [3.63, 3.8) is 0 Å². The van der Waals surface area contributed by atoms with Crippen LogP contribution in [0.5, 0.6) is 0 Å². The number of nitrogens with zero attached hydrogens (tertiary/aromatic N) is 1. The smallest absolute Gasteiger partial charge is 0.128 e. The Labute approximate surface area is 132 Å². The summed E-state index contributed by atoms with van der Waals surface area (Å²) >= 11 is 0. The second-order valence-electron chi connectivity index (χ2n) is 5.72. The molecule has 0 saturated carbocycles. The first kappa shape index (κ1) is 14.0. The van der Waals surface area contributed by atoms with Gasteiger partial charge in [0.1, 0.15) is 11.7 Å². The number of amidine groups is 1. The highest BCUT2D eigenvalue weighted by atomic mass is 19.1. The van der Waals surface area contributed by atoms with Crippen LogP contribution in [0.15, 0.2) is 53.5 Å². The molecular weight excluding hydrogens is 293 g/mol. The molecule has 0 saturated heterocycles. The van der Waals surface area contributed by atoms with Crippen LogP contribution >= 0.6 is 0 Å². The number of β-amino-alcohol motifs (C(OH)–C–C–N with tert-alkyl or cyclic N) is 1. The first-order valence-corrected chi connectivity index (χ1v) is 7.54. The molecule has 1 aromatic heterocycles. The van der Waals surface area contributed by atoms with Gasteiger partial charge in [-0.2, -0.15) is 0 Å². The van der Waals surface area contributed by atoms with Gasteiger partial charge in [0.25, 0.3) is 0 Å². The molecule has 0 spiro atoms. The Kier molecular flexibility index (Phi) is 3.35. The van der Waals surface area contributed by atoms with Crippen LogP contribution in [0, 0.1) is 5.82 Å². The average Bonchev–Trinajstić information content (AvgIpc) is 2.99. The maximum atomic E-state index is 13.0. The minimum absolute atomic E-state index is 0.240. The van der Waals surface area contributed by atoms with E-state index in [9.17, 15) is 9.50 Å². The zero-order valence-electron chi connectivity index (χ0n) is 12.4. The largest absolute Gasteiger partial charge is 0.389 e. The Balaban J connectivity index is 1.71. The summed E-state index contributed by atoms with van der Waals surface area (Å²) in [4.78, 5) is 7.73. The van der Waals surface area contributed by atoms with Crippen LogP contribution in [0.2, 0.25) is 0 Å². The average molecular weight is 309 g/mol. The zero-order valence-corrected chi connectivity index (χ0v) is 12.4. The standard InChI is InChI=1S/C18H16FN3O/c19-14-5-3-11(4-6-14)16-7-12-1-2-13(8-17(12)22-16)18-20-9-15(23)10-21-18/h1-8,15,22-23H,9-10H2,(H,20,21). The van der Waals surface area contributed by atoms with E-state index >= 15 is 0 Å². The predicted octanol–water partition coefficient (Wildman–Crippen LogP) is 2.68. The van der Waals surface area contributed by atoms with Gasteiger partial charge in [0, 0.05) is 28.7 Å². The number of fused-ring (bicyclic) bond motifs is 1. The third kappa shape index (κ3) is 2.71. The summed E-state index contributed by atoms with van der Waals surface area (Å²) < 4.78 is 13.0. The normalized spacial score (nSPS) is 17.8. The summed E-state index contributed by atoms with van der Waals surface area (Å²) in [6, 6.07) is 14.6. The van der Waals surface area contributed by atoms with Crippen LogP contribution < -0.4 is 5.32 Å². The number of aliphatic hydroxyl groups is 1. The topological polar surface area (TPSA) is 60.4 Å². The Bertz CT molecular complexity index is 883. The minimum Gasteiger partial charge on any atom is -0.389 e. The SMILES string of the molecule is OC1CN=C(c2ccc3cc(-c4ccc(F)cc4)[nH]c3c2)NC1. The van der Waals surface area contributed by atoms with Crippen molar-refractivity contribution in [1.82, 2.24) is 10.3 Å². The third-order valence-corrected chi connectivity index (χ3v) is 4.02. The van der Waals surface area contributed by atoms with Gasteiger partial charge < -0.3 is 15.4 Å². The van der Waals surface area contributed by atoms with Crippen LogP contribution in [0.25, 0.3) is 22.2 Å². The second kappa shape index (κ2) is 5.52. The van der Waals surface area contributed by atoms with Gasteiger partial charge in [-0.1, -0.05) is 12.1 Å². The van der Waals surface area contributed by atoms with Crippen LogP contribution in [-0.2, 0) is 0 Å². The van der Waals surface area contributed by atoms with Crippen LogP contribution in [-0.4, -0.2) is 35.1 Å². The van der Waals surface area contributed by atoms with Gasteiger partial charge >= 0.3 is 0 Å². The molecule has 4 rings (SSSR count). The Morgan fingerprint density at radius 1 is 1.04 bits per heavy atom. The van der Waals surface area contributed by atoms with Gasteiger partial charge in [0.2, 0.25) is 0 Å². The summed E-state index contributed by atoms with van der Waals surface area (Å²) in [5, 5.41) is 13.7. The number of hydrogen-bond donors (Lipinski definition) is 3. The molecule has 4 nitrogen and oxygen atoms in total. The van der Waals surface area contributed by atoms with E-state index in [4.69, 9.17) is 0 Å². The van der Waals surface area contributed by atoms with Crippen molar-refractivity contribution in [2.24, 2.45) is 4.99 Å². The summed E-state index contributed by atoms with van der Waals surface area (Å²) in [5.74, 6) is 0.561. The molecule has 0 aliphatic carbocycles. The van der Waals surface area contributed by atoms with Crippen LogP contribution in [0.1, 0.15) is 5.56 Å². The first-order valence-electron chi connectivity index (χ1n) is 7.54. The Morgan fingerprint density at radius 3 is 2.57 bits per heavy atom. The summed E-state index contributed by atoms with van der Waals surface area (Å²) in [6.45, 7) is 0.939. The van der Waals surface area contributed by atoms with Crippen molar-refractivity contribution in [3.8, 4) is 11.3 Å². The molecule has 1 atom stereocenters. The molecule has 1 aliphatic rings. The van der Waals surface area contributed by atoms with Gasteiger partial charge in [0.15, 0.2) is 0 Å². The summed E-state index contributed by atoms with van der Waals surface area (Å²) in [5.41, 5.74) is 3.88. The number of H-pyrrole nitrogens is 1. The lowest BCUT2D eigenvalue weighted by Gasteiger charge is -2.19. The zero-order chi connectivity index (χ0) is 15.8. The highest BCUT2D eigenvalue weighted by Crippen LogP contribution is 2.25. The molecule has 0 radical (unpaired) electrons. The maximum Gasteiger partial charge on any atom is 0.128 e. The molecule has 1 aliphatic heterocycles. The van der Waals surface area contributed by atoms with Crippen molar-refractivity contribution >= 4 is 16.7 Å². The molecule has 0 fully saturated rings. The highest BCUT2D eigenvalue weighted by molar-refractivity contribution is 6.02. The number of halogens is 1. The fourth-order valence-corrected chi connectivity index (χ4v) is 2.78. The summed E-state index contributed by atoms with van der Waals surface area (Å²) in [6.07, 6.45) is -0.418. The lowest BCUT2D eigenvalue weighted by Crippen LogP contribution is -2.39. The minimum atomic E-state index is -0.418. The molecule has 3 aromatic rings. The van der Waals surface area contributed by atoms with Crippen molar-refractivity contribution < 1.29 is 9.50 Å². The highest BCUT2D eigenvalue weighted by Gasteiger charge is 2.14. The van der Waals surface area contributed by atoms with E-state index < -0.39 is 6.10 Å². The maximum absolute atomic E-state index is 13.0.